The summed E-state index contributed by atoms with van der Waals surface area (Å²) in [5, 5.41) is 5.43. The van der Waals surface area contributed by atoms with Gasteiger partial charge in [-0.05, 0) is 42.9 Å². The van der Waals surface area contributed by atoms with Crippen LogP contribution in [0.5, 0.6) is 0 Å². The van der Waals surface area contributed by atoms with Crippen LogP contribution in [0, 0.1) is 5.92 Å². The van der Waals surface area contributed by atoms with Gasteiger partial charge in [0.1, 0.15) is 0 Å². The quantitative estimate of drug-likeness (QED) is 0.778. The molecule has 0 saturated heterocycles. The molecule has 4 heteroatoms. The third-order valence-electron chi connectivity index (χ3n) is 4.21. The predicted octanol–water partition coefficient (Wildman–Crippen LogP) is 2.63. The number of benzene rings is 1. The molecule has 100 valence electrons. The van der Waals surface area contributed by atoms with Gasteiger partial charge >= 0.3 is 5.97 Å². The molecule has 1 heterocycles. The third-order valence-corrected chi connectivity index (χ3v) is 4.21. The molecule has 0 radical (unpaired) electrons. The van der Waals surface area contributed by atoms with Crippen molar-refractivity contribution in [2.45, 2.75) is 25.2 Å². The van der Waals surface area contributed by atoms with Crippen molar-refractivity contribution >= 4 is 16.9 Å². The van der Waals surface area contributed by atoms with Crippen molar-refractivity contribution < 1.29 is 9.53 Å². The van der Waals surface area contributed by atoms with Crippen LogP contribution in [0.2, 0.25) is 0 Å². The maximum atomic E-state index is 11.6. The summed E-state index contributed by atoms with van der Waals surface area (Å²) in [4.78, 5) is 11.6. The van der Waals surface area contributed by atoms with Gasteiger partial charge in [-0.3, -0.25) is 9.48 Å². The fraction of sp³-hybridized carbons (Fsp3) is 0.467. The molecule has 4 nitrogen and oxygen atoms in total. The summed E-state index contributed by atoms with van der Waals surface area (Å²) in [6.07, 6.45) is 4.79. The summed E-state index contributed by atoms with van der Waals surface area (Å²) in [6, 6.07) is 6.48. The van der Waals surface area contributed by atoms with E-state index < -0.39 is 0 Å². The Labute approximate surface area is 112 Å². The molecule has 1 fully saturated rings. The van der Waals surface area contributed by atoms with E-state index in [0.29, 0.717) is 5.92 Å². The van der Waals surface area contributed by atoms with Gasteiger partial charge in [-0.1, -0.05) is 6.07 Å². The minimum atomic E-state index is -0.0649. The standard InChI is InChI=1S/C15H18N2O2/c1-17-14-6-5-11(8-13(14)9-16-17)10-3-4-12(7-10)15(18)19-2/h5-6,8-10,12H,3-4,7H2,1-2H3. The summed E-state index contributed by atoms with van der Waals surface area (Å²) in [5.41, 5.74) is 2.46. The lowest BCUT2D eigenvalue weighted by molar-refractivity contribution is -0.145. The van der Waals surface area contributed by atoms with E-state index in [1.165, 1.54) is 18.1 Å². The maximum absolute atomic E-state index is 11.6. The van der Waals surface area contributed by atoms with Crippen molar-refractivity contribution in [3.63, 3.8) is 0 Å². The number of hydrogen-bond donors (Lipinski definition) is 0. The van der Waals surface area contributed by atoms with Crippen molar-refractivity contribution in [1.82, 2.24) is 9.78 Å². The van der Waals surface area contributed by atoms with Crippen LogP contribution >= 0.6 is 0 Å². The molecule has 0 N–H and O–H groups in total. The summed E-state index contributed by atoms with van der Waals surface area (Å²) in [5.74, 6) is 0.471. The number of carbonyl (C=O) groups excluding carboxylic acids is 1. The van der Waals surface area contributed by atoms with Crippen LogP contribution < -0.4 is 0 Å². The second-order valence-corrected chi connectivity index (χ2v) is 5.32. The Kier molecular flexibility index (Phi) is 3.01. The van der Waals surface area contributed by atoms with E-state index in [-0.39, 0.29) is 11.9 Å². The van der Waals surface area contributed by atoms with Gasteiger partial charge < -0.3 is 4.74 Å². The number of nitrogens with zero attached hydrogens (tertiary/aromatic N) is 2. The third kappa shape index (κ3) is 2.11. The van der Waals surface area contributed by atoms with Gasteiger partial charge in [-0.15, -0.1) is 0 Å². The van der Waals surface area contributed by atoms with E-state index in [1.54, 1.807) is 0 Å². The van der Waals surface area contributed by atoms with E-state index in [1.807, 2.05) is 17.9 Å². The first-order chi connectivity index (χ1) is 9.19. The van der Waals surface area contributed by atoms with Gasteiger partial charge in [-0.2, -0.15) is 5.10 Å². The minimum Gasteiger partial charge on any atom is -0.469 e. The van der Waals surface area contributed by atoms with Gasteiger partial charge in [-0.25, -0.2) is 0 Å². The lowest BCUT2D eigenvalue weighted by Crippen LogP contribution is -2.12. The van der Waals surface area contributed by atoms with Crippen molar-refractivity contribution in [3.05, 3.63) is 30.0 Å². The smallest absolute Gasteiger partial charge is 0.308 e. The molecule has 2 unspecified atom stereocenters. The zero-order chi connectivity index (χ0) is 13.4. The van der Waals surface area contributed by atoms with E-state index in [4.69, 9.17) is 4.74 Å². The van der Waals surface area contributed by atoms with Gasteiger partial charge in [0.2, 0.25) is 0 Å². The number of aromatic nitrogens is 2. The highest BCUT2D eigenvalue weighted by Gasteiger charge is 2.31. The van der Waals surface area contributed by atoms with Crippen molar-refractivity contribution in [2.75, 3.05) is 7.11 Å². The zero-order valence-electron chi connectivity index (χ0n) is 11.3. The van der Waals surface area contributed by atoms with E-state index in [2.05, 4.69) is 23.3 Å². The molecule has 1 aliphatic carbocycles. The molecule has 2 aromatic rings. The topological polar surface area (TPSA) is 44.1 Å². The minimum absolute atomic E-state index is 0.0649. The first-order valence-corrected chi connectivity index (χ1v) is 6.68. The molecule has 3 rings (SSSR count). The molecule has 0 spiro atoms. The Morgan fingerprint density at radius 2 is 2.26 bits per heavy atom. The lowest BCUT2D eigenvalue weighted by Gasteiger charge is -2.11. The maximum Gasteiger partial charge on any atom is 0.308 e. The van der Waals surface area contributed by atoms with Crippen LogP contribution in [0.4, 0.5) is 0 Å². The van der Waals surface area contributed by atoms with Crippen LogP contribution in [0.3, 0.4) is 0 Å². The van der Waals surface area contributed by atoms with Crippen LogP contribution in [0.15, 0.2) is 24.4 Å². The molecular weight excluding hydrogens is 240 g/mol. The number of hydrogen-bond acceptors (Lipinski definition) is 3. The fourth-order valence-corrected chi connectivity index (χ4v) is 3.10. The molecule has 19 heavy (non-hydrogen) atoms. The summed E-state index contributed by atoms with van der Waals surface area (Å²) >= 11 is 0. The summed E-state index contributed by atoms with van der Waals surface area (Å²) < 4.78 is 6.72. The number of aryl methyl sites for hydroxylation is 1. The summed E-state index contributed by atoms with van der Waals surface area (Å²) in [7, 11) is 3.42. The van der Waals surface area contributed by atoms with Crippen LogP contribution in [-0.4, -0.2) is 22.9 Å². The predicted molar refractivity (Wildman–Crippen MR) is 72.8 cm³/mol. The van der Waals surface area contributed by atoms with Crippen LogP contribution in [-0.2, 0) is 16.6 Å². The van der Waals surface area contributed by atoms with Gasteiger partial charge in [0, 0.05) is 12.4 Å². The molecule has 1 aromatic heterocycles. The van der Waals surface area contributed by atoms with Gasteiger partial charge in [0.25, 0.3) is 0 Å². The van der Waals surface area contributed by atoms with Crippen molar-refractivity contribution in [2.24, 2.45) is 13.0 Å². The molecule has 0 aliphatic heterocycles. The first-order valence-electron chi connectivity index (χ1n) is 6.68. The van der Waals surface area contributed by atoms with Crippen LogP contribution in [0.25, 0.3) is 10.9 Å². The molecule has 2 atom stereocenters. The van der Waals surface area contributed by atoms with E-state index in [0.717, 1.165) is 24.8 Å². The number of methoxy groups -OCH3 is 1. The number of fused-ring (bicyclic) bond motifs is 1. The first kappa shape index (κ1) is 12.2. The monoisotopic (exact) mass is 258 g/mol. The highest BCUT2D eigenvalue weighted by Crippen LogP contribution is 2.39. The normalized spacial score (nSPS) is 22.8. The SMILES string of the molecule is COC(=O)C1CCC(c2ccc3c(cnn3C)c2)C1. The lowest BCUT2D eigenvalue weighted by atomic mass is 9.95. The average Bonchev–Trinajstić information content (AvgIpc) is 3.05. The Balaban J connectivity index is 1.83. The molecule has 0 bridgehead atoms. The Morgan fingerprint density at radius 1 is 1.42 bits per heavy atom. The van der Waals surface area contributed by atoms with E-state index >= 15 is 0 Å². The molecule has 0 amide bonds. The Bertz CT molecular complexity index is 618. The second-order valence-electron chi connectivity index (χ2n) is 5.32. The summed E-state index contributed by atoms with van der Waals surface area (Å²) in [6.45, 7) is 0. The second kappa shape index (κ2) is 4.68. The zero-order valence-corrected chi connectivity index (χ0v) is 11.3. The molecule has 1 aromatic carbocycles. The highest BCUT2D eigenvalue weighted by atomic mass is 16.5. The van der Waals surface area contributed by atoms with E-state index in [9.17, 15) is 4.79 Å². The Morgan fingerprint density at radius 3 is 3.05 bits per heavy atom. The number of ether oxygens (including phenoxy) is 1. The number of rotatable bonds is 2. The van der Waals surface area contributed by atoms with Gasteiger partial charge in [0.05, 0.1) is 24.7 Å². The highest BCUT2D eigenvalue weighted by molar-refractivity contribution is 5.79. The Hall–Kier alpha value is -1.84. The molecule has 1 aliphatic rings. The number of esters is 1. The fourth-order valence-electron chi connectivity index (χ4n) is 3.10. The molecular formula is C15H18N2O2. The van der Waals surface area contributed by atoms with Gasteiger partial charge in [0.15, 0.2) is 0 Å². The van der Waals surface area contributed by atoms with Crippen LogP contribution in [0.1, 0.15) is 30.7 Å². The average molecular weight is 258 g/mol. The van der Waals surface area contributed by atoms with Crippen molar-refractivity contribution in [3.8, 4) is 0 Å². The largest absolute Gasteiger partial charge is 0.469 e. The molecule has 1 saturated carbocycles. The van der Waals surface area contributed by atoms with Crippen molar-refractivity contribution in [1.29, 1.82) is 0 Å². The number of carbonyl (C=O) groups is 1.